The molecule has 2 aromatic carbocycles. The lowest BCUT2D eigenvalue weighted by Gasteiger charge is -2.20. The molecule has 4 heteroatoms. The topological polar surface area (TPSA) is 55.4 Å². The summed E-state index contributed by atoms with van der Waals surface area (Å²) in [7, 11) is 0. The minimum Gasteiger partial charge on any atom is -0.447 e. The van der Waals surface area contributed by atoms with Crippen LogP contribution in [-0.2, 0) is 14.3 Å². The molecule has 0 unspecified atom stereocenters. The van der Waals surface area contributed by atoms with Gasteiger partial charge in [-0.3, -0.25) is 9.59 Å². The monoisotopic (exact) mass is 363 g/mol. The molecule has 140 valence electrons. The Hall–Kier alpha value is -2.88. The molecule has 0 bridgehead atoms. The normalized spacial score (nSPS) is 16.7. The first-order valence-corrected chi connectivity index (χ1v) is 9.32. The molecule has 0 saturated carbocycles. The van der Waals surface area contributed by atoms with Crippen LogP contribution in [0.1, 0.15) is 42.1 Å². The third-order valence-corrected chi connectivity index (χ3v) is 4.78. The van der Waals surface area contributed by atoms with Gasteiger partial charge in [-0.2, -0.15) is 0 Å². The second-order valence-corrected chi connectivity index (χ2v) is 7.06. The number of amides is 1. The van der Waals surface area contributed by atoms with Gasteiger partial charge in [0.15, 0.2) is 0 Å². The van der Waals surface area contributed by atoms with E-state index in [1.54, 1.807) is 12.1 Å². The van der Waals surface area contributed by atoms with Crippen molar-refractivity contribution < 1.29 is 14.3 Å². The first-order chi connectivity index (χ1) is 13.0. The lowest BCUT2D eigenvalue weighted by molar-refractivity contribution is -0.155. The van der Waals surface area contributed by atoms with Crippen LogP contribution in [0, 0.1) is 19.8 Å². The predicted octanol–water partition coefficient (Wildman–Crippen LogP) is 4.88. The van der Waals surface area contributed by atoms with Gasteiger partial charge < -0.3 is 10.1 Å². The lowest BCUT2D eigenvalue weighted by atomic mass is 10.0. The summed E-state index contributed by atoms with van der Waals surface area (Å²) in [5, 5.41) is 2.92. The Balaban J connectivity index is 1.76. The average molecular weight is 363 g/mol. The van der Waals surface area contributed by atoms with E-state index in [1.807, 2.05) is 50.2 Å². The Kier molecular flexibility index (Phi) is 6.07. The molecule has 0 radical (unpaired) electrons. The fourth-order valence-corrected chi connectivity index (χ4v) is 3.23. The Morgan fingerprint density at radius 3 is 2.63 bits per heavy atom. The van der Waals surface area contributed by atoms with E-state index in [4.69, 9.17) is 4.74 Å². The van der Waals surface area contributed by atoms with Crippen molar-refractivity contribution in [1.29, 1.82) is 0 Å². The molecule has 1 aliphatic carbocycles. The molecule has 2 atom stereocenters. The largest absolute Gasteiger partial charge is 0.447 e. The molecule has 0 aliphatic heterocycles. The van der Waals surface area contributed by atoms with Gasteiger partial charge in [-0.05, 0) is 49.8 Å². The van der Waals surface area contributed by atoms with E-state index >= 15 is 0 Å². The standard InChI is InChI=1S/C23H25NO3/c1-16-12-13-17(2)20(14-16)24-23(26)22(19-10-4-3-5-11-19)27-21(25)15-18-8-6-7-9-18/h3-6,8,10-14,18,22H,7,9,15H2,1-2H3,(H,24,26)/t18-,22-/m1/s1. The van der Waals surface area contributed by atoms with Gasteiger partial charge in [0.05, 0.1) is 6.42 Å². The fourth-order valence-electron chi connectivity index (χ4n) is 3.23. The zero-order valence-corrected chi connectivity index (χ0v) is 15.8. The molecule has 1 N–H and O–H groups in total. The number of carbonyl (C=O) groups is 2. The van der Waals surface area contributed by atoms with Crippen LogP contribution in [0.3, 0.4) is 0 Å². The highest BCUT2D eigenvalue weighted by Gasteiger charge is 2.26. The Morgan fingerprint density at radius 1 is 1.15 bits per heavy atom. The number of hydrogen-bond acceptors (Lipinski definition) is 3. The first kappa shape index (κ1) is 18.9. The predicted molar refractivity (Wildman–Crippen MR) is 106 cm³/mol. The maximum atomic E-state index is 12.9. The van der Waals surface area contributed by atoms with Crippen LogP contribution < -0.4 is 5.32 Å². The zero-order chi connectivity index (χ0) is 19.2. The molecular weight excluding hydrogens is 338 g/mol. The van der Waals surface area contributed by atoms with Crippen molar-refractivity contribution >= 4 is 17.6 Å². The Bertz CT molecular complexity index is 842. The number of carbonyl (C=O) groups excluding carboxylic acids is 2. The summed E-state index contributed by atoms with van der Waals surface area (Å²) in [4.78, 5) is 25.4. The van der Waals surface area contributed by atoms with Gasteiger partial charge in [-0.25, -0.2) is 0 Å². The summed E-state index contributed by atoms with van der Waals surface area (Å²) >= 11 is 0. The number of benzene rings is 2. The van der Waals surface area contributed by atoms with Gasteiger partial charge in [0, 0.05) is 11.3 Å². The first-order valence-electron chi connectivity index (χ1n) is 9.32. The summed E-state index contributed by atoms with van der Waals surface area (Å²) in [6.45, 7) is 3.91. The van der Waals surface area contributed by atoms with Crippen molar-refractivity contribution in [3.63, 3.8) is 0 Å². The van der Waals surface area contributed by atoms with Crippen molar-refractivity contribution in [1.82, 2.24) is 0 Å². The quantitative estimate of drug-likeness (QED) is 0.588. The molecule has 0 spiro atoms. The molecule has 2 aromatic rings. The number of esters is 1. The van der Waals surface area contributed by atoms with Crippen molar-refractivity contribution in [2.45, 2.75) is 39.2 Å². The highest BCUT2D eigenvalue weighted by Crippen LogP contribution is 2.25. The molecule has 0 aromatic heterocycles. The third kappa shape index (κ3) is 5.07. The molecule has 1 aliphatic rings. The smallest absolute Gasteiger partial charge is 0.307 e. The second-order valence-electron chi connectivity index (χ2n) is 7.06. The molecule has 0 heterocycles. The van der Waals surface area contributed by atoms with E-state index in [-0.39, 0.29) is 17.8 Å². The van der Waals surface area contributed by atoms with Gasteiger partial charge >= 0.3 is 5.97 Å². The van der Waals surface area contributed by atoms with E-state index in [0.29, 0.717) is 12.0 Å². The highest BCUT2D eigenvalue weighted by molar-refractivity contribution is 5.96. The number of ether oxygens (including phenoxy) is 1. The summed E-state index contributed by atoms with van der Waals surface area (Å²) in [5.41, 5.74) is 3.41. The van der Waals surface area contributed by atoms with E-state index in [1.165, 1.54) is 0 Å². The number of anilines is 1. The molecule has 3 rings (SSSR count). The van der Waals surface area contributed by atoms with Crippen molar-refractivity contribution in [2.24, 2.45) is 5.92 Å². The minimum absolute atomic E-state index is 0.205. The fraction of sp³-hybridized carbons (Fsp3) is 0.304. The molecule has 1 amide bonds. The van der Waals surface area contributed by atoms with E-state index in [0.717, 1.165) is 29.7 Å². The van der Waals surface area contributed by atoms with E-state index in [2.05, 4.69) is 17.5 Å². The molecular formula is C23H25NO3. The third-order valence-electron chi connectivity index (χ3n) is 4.78. The molecule has 4 nitrogen and oxygen atoms in total. The maximum absolute atomic E-state index is 12.9. The van der Waals surface area contributed by atoms with Gasteiger partial charge in [-0.15, -0.1) is 0 Å². The van der Waals surface area contributed by atoms with Gasteiger partial charge in [0.2, 0.25) is 6.10 Å². The number of aryl methyl sites for hydroxylation is 2. The van der Waals surface area contributed by atoms with Crippen molar-refractivity contribution in [3.05, 3.63) is 77.4 Å². The second kappa shape index (κ2) is 8.67. The van der Waals surface area contributed by atoms with Crippen LogP contribution in [0.4, 0.5) is 5.69 Å². The average Bonchev–Trinajstić information content (AvgIpc) is 3.16. The van der Waals surface area contributed by atoms with Gasteiger partial charge in [0.1, 0.15) is 0 Å². The Labute approximate surface area is 160 Å². The van der Waals surface area contributed by atoms with Crippen LogP contribution in [0.15, 0.2) is 60.7 Å². The van der Waals surface area contributed by atoms with Crippen molar-refractivity contribution in [2.75, 3.05) is 5.32 Å². The van der Waals surface area contributed by atoms with Gasteiger partial charge in [-0.1, -0.05) is 54.6 Å². The van der Waals surface area contributed by atoms with Crippen molar-refractivity contribution in [3.8, 4) is 0 Å². The lowest BCUT2D eigenvalue weighted by Crippen LogP contribution is -2.26. The Morgan fingerprint density at radius 2 is 1.93 bits per heavy atom. The van der Waals surface area contributed by atoms with E-state index in [9.17, 15) is 9.59 Å². The highest BCUT2D eigenvalue weighted by atomic mass is 16.5. The summed E-state index contributed by atoms with van der Waals surface area (Å²) in [5.74, 6) is -0.488. The number of allylic oxidation sites excluding steroid dienone is 2. The van der Waals surface area contributed by atoms with Crippen LogP contribution >= 0.6 is 0 Å². The van der Waals surface area contributed by atoms with Crippen LogP contribution in [0.5, 0.6) is 0 Å². The summed E-state index contributed by atoms with van der Waals surface area (Å²) < 4.78 is 5.62. The molecule has 0 fully saturated rings. The SMILES string of the molecule is Cc1ccc(C)c(NC(=O)[C@H](OC(=O)C[C@@H]2C=CCC2)c2ccccc2)c1. The molecule has 0 saturated heterocycles. The van der Waals surface area contributed by atoms with Crippen LogP contribution in [0.25, 0.3) is 0 Å². The van der Waals surface area contributed by atoms with Crippen LogP contribution in [-0.4, -0.2) is 11.9 Å². The van der Waals surface area contributed by atoms with E-state index < -0.39 is 6.10 Å². The number of rotatable bonds is 6. The maximum Gasteiger partial charge on any atom is 0.307 e. The summed E-state index contributed by atoms with van der Waals surface area (Å²) in [6, 6.07) is 15.0. The van der Waals surface area contributed by atoms with Gasteiger partial charge in [0.25, 0.3) is 5.91 Å². The van der Waals surface area contributed by atoms with Crippen LogP contribution in [0.2, 0.25) is 0 Å². The zero-order valence-electron chi connectivity index (χ0n) is 15.8. The molecule has 27 heavy (non-hydrogen) atoms. The number of hydrogen-bond donors (Lipinski definition) is 1. The number of nitrogens with one attached hydrogen (secondary N) is 1. The minimum atomic E-state index is -0.969. The summed E-state index contributed by atoms with van der Waals surface area (Å²) in [6.07, 6.45) is 5.42.